The molecule has 8 heteroatoms. The largest absolute Gasteiger partial charge is 0.497 e. The number of rotatable bonds is 8. The number of methoxy groups -OCH3 is 2. The number of aromatic nitrogens is 2. The highest BCUT2D eigenvalue weighted by atomic mass is 32.2. The van der Waals surface area contributed by atoms with Crippen LogP contribution in [0, 0.1) is 0 Å². The van der Waals surface area contributed by atoms with Gasteiger partial charge in [0.2, 0.25) is 5.91 Å². The third-order valence-corrected chi connectivity index (χ3v) is 5.15. The lowest BCUT2D eigenvalue weighted by atomic mass is 10.1. The molecule has 1 aromatic heterocycles. The minimum absolute atomic E-state index is 0.0294. The van der Waals surface area contributed by atoms with E-state index in [0.717, 1.165) is 25.0 Å². The van der Waals surface area contributed by atoms with Crippen LogP contribution in [0.1, 0.15) is 12.8 Å². The van der Waals surface area contributed by atoms with Gasteiger partial charge in [0.1, 0.15) is 16.5 Å². The van der Waals surface area contributed by atoms with E-state index >= 15 is 0 Å². The average molecular weight is 389 g/mol. The Morgan fingerprint density at radius 2 is 2.15 bits per heavy atom. The van der Waals surface area contributed by atoms with Crippen LogP contribution in [0.15, 0.2) is 35.4 Å². The van der Waals surface area contributed by atoms with Gasteiger partial charge in [-0.05, 0) is 37.1 Å². The van der Waals surface area contributed by atoms with Crippen LogP contribution in [0.2, 0.25) is 0 Å². The lowest BCUT2D eigenvalue weighted by Crippen LogP contribution is -2.32. The first-order valence-electron chi connectivity index (χ1n) is 8.77. The van der Waals surface area contributed by atoms with Crippen LogP contribution in [0.5, 0.6) is 11.5 Å². The molecule has 1 amide bonds. The number of benzene rings is 1. The summed E-state index contributed by atoms with van der Waals surface area (Å²) in [5.41, 5.74) is 1.53. The number of thioether (sulfide) groups is 1. The molecule has 1 atom stereocenters. The highest BCUT2D eigenvalue weighted by Gasteiger charge is 2.16. The van der Waals surface area contributed by atoms with E-state index in [1.807, 2.05) is 24.3 Å². The standard InChI is InChI=1S/C19H23N3O4S/c1-24-13-5-6-15(17(10-13)25-2)16-7-8-19(22-21-16)27-12-18(23)20-11-14-4-3-9-26-14/h5-8,10,14H,3-4,9,11-12H2,1-2H3,(H,20,23)/t14-/m0/s1. The van der Waals surface area contributed by atoms with Crippen molar-refractivity contribution in [3.8, 4) is 22.8 Å². The normalized spacial score (nSPS) is 16.1. The van der Waals surface area contributed by atoms with Gasteiger partial charge in [0.25, 0.3) is 0 Å². The molecule has 0 spiro atoms. The zero-order valence-electron chi connectivity index (χ0n) is 15.4. The molecule has 27 heavy (non-hydrogen) atoms. The van der Waals surface area contributed by atoms with E-state index in [2.05, 4.69) is 15.5 Å². The lowest BCUT2D eigenvalue weighted by Gasteiger charge is -2.11. The Morgan fingerprint density at radius 3 is 2.81 bits per heavy atom. The Bertz CT molecular complexity index is 764. The number of hydrogen-bond acceptors (Lipinski definition) is 7. The van der Waals surface area contributed by atoms with Gasteiger partial charge >= 0.3 is 0 Å². The highest BCUT2D eigenvalue weighted by Crippen LogP contribution is 2.32. The summed E-state index contributed by atoms with van der Waals surface area (Å²) in [6, 6.07) is 9.25. The first-order chi connectivity index (χ1) is 13.2. The molecule has 0 unspecified atom stereocenters. The van der Waals surface area contributed by atoms with Gasteiger partial charge in [-0.25, -0.2) is 0 Å². The molecule has 0 radical (unpaired) electrons. The molecule has 1 aliphatic rings. The van der Waals surface area contributed by atoms with E-state index in [0.29, 0.717) is 34.5 Å². The van der Waals surface area contributed by atoms with Gasteiger partial charge in [-0.3, -0.25) is 4.79 Å². The van der Waals surface area contributed by atoms with Crippen molar-refractivity contribution in [3.05, 3.63) is 30.3 Å². The SMILES string of the molecule is COc1ccc(-c2ccc(SCC(=O)NC[C@@H]3CCCO3)nn2)c(OC)c1. The van der Waals surface area contributed by atoms with Crippen molar-refractivity contribution in [2.75, 3.05) is 33.1 Å². The van der Waals surface area contributed by atoms with Crippen molar-refractivity contribution in [1.29, 1.82) is 0 Å². The first kappa shape index (κ1) is 19.4. The Balaban J connectivity index is 1.55. The average Bonchev–Trinajstić information content (AvgIpc) is 3.24. The zero-order valence-corrected chi connectivity index (χ0v) is 16.3. The second-order valence-electron chi connectivity index (χ2n) is 6.05. The van der Waals surface area contributed by atoms with E-state index in [-0.39, 0.29) is 12.0 Å². The molecule has 3 rings (SSSR count). The highest BCUT2D eigenvalue weighted by molar-refractivity contribution is 7.99. The van der Waals surface area contributed by atoms with Crippen molar-refractivity contribution in [2.24, 2.45) is 0 Å². The number of nitrogens with one attached hydrogen (secondary N) is 1. The molecule has 1 N–H and O–H groups in total. The molecule has 144 valence electrons. The van der Waals surface area contributed by atoms with Crippen LogP contribution in [-0.4, -0.2) is 55.3 Å². The fourth-order valence-electron chi connectivity index (χ4n) is 2.77. The van der Waals surface area contributed by atoms with E-state index in [9.17, 15) is 4.79 Å². The van der Waals surface area contributed by atoms with Gasteiger partial charge in [0.15, 0.2) is 0 Å². The number of carbonyl (C=O) groups is 1. The molecule has 1 aliphatic heterocycles. The second-order valence-corrected chi connectivity index (χ2v) is 7.05. The number of nitrogens with zero attached hydrogens (tertiary/aromatic N) is 2. The zero-order chi connectivity index (χ0) is 19.1. The number of hydrogen-bond donors (Lipinski definition) is 1. The smallest absolute Gasteiger partial charge is 0.230 e. The van der Waals surface area contributed by atoms with Gasteiger partial charge in [-0.15, -0.1) is 10.2 Å². The molecule has 2 aromatic rings. The van der Waals surface area contributed by atoms with Gasteiger partial charge < -0.3 is 19.5 Å². The summed E-state index contributed by atoms with van der Waals surface area (Å²) in [6.45, 7) is 1.36. The van der Waals surface area contributed by atoms with Gasteiger partial charge in [0, 0.05) is 24.8 Å². The quantitative estimate of drug-likeness (QED) is 0.695. The van der Waals surface area contributed by atoms with Crippen LogP contribution in [0.3, 0.4) is 0 Å². The van der Waals surface area contributed by atoms with Crippen molar-refractivity contribution in [3.63, 3.8) is 0 Å². The fraction of sp³-hybridized carbons (Fsp3) is 0.421. The third kappa shape index (κ3) is 5.33. The van der Waals surface area contributed by atoms with Crippen LogP contribution in [0.4, 0.5) is 0 Å². The van der Waals surface area contributed by atoms with E-state index < -0.39 is 0 Å². The molecule has 0 aliphatic carbocycles. The van der Waals surface area contributed by atoms with Gasteiger partial charge in [-0.2, -0.15) is 0 Å². The molecule has 1 aromatic carbocycles. The number of carbonyl (C=O) groups excluding carboxylic acids is 1. The molecular weight excluding hydrogens is 366 g/mol. The molecule has 1 fully saturated rings. The predicted octanol–water partition coefficient (Wildman–Crippen LogP) is 2.55. The number of ether oxygens (including phenoxy) is 3. The van der Waals surface area contributed by atoms with Crippen molar-refractivity contribution >= 4 is 17.7 Å². The van der Waals surface area contributed by atoms with Crippen LogP contribution in [-0.2, 0) is 9.53 Å². The van der Waals surface area contributed by atoms with Crippen molar-refractivity contribution in [2.45, 2.75) is 24.0 Å². The van der Waals surface area contributed by atoms with E-state index in [1.165, 1.54) is 11.8 Å². The maximum Gasteiger partial charge on any atom is 0.230 e. The summed E-state index contributed by atoms with van der Waals surface area (Å²) in [7, 11) is 3.21. The summed E-state index contributed by atoms with van der Waals surface area (Å²) in [5.74, 6) is 1.65. The predicted molar refractivity (Wildman–Crippen MR) is 103 cm³/mol. The van der Waals surface area contributed by atoms with Crippen LogP contribution >= 0.6 is 11.8 Å². The summed E-state index contributed by atoms with van der Waals surface area (Å²) in [4.78, 5) is 11.9. The summed E-state index contributed by atoms with van der Waals surface area (Å²) in [6.07, 6.45) is 2.23. The monoisotopic (exact) mass is 389 g/mol. The Labute approximate surface area is 162 Å². The maximum absolute atomic E-state index is 11.9. The lowest BCUT2D eigenvalue weighted by molar-refractivity contribution is -0.119. The van der Waals surface area contributed by atoms with Crippen molar-refractivity contribution < 1.29 is 19.0 Å². The first-order valence-corrected chi connectivity index (χ1v) is 9.75. The molecule has 2 heterocycles. The van der Waals surface area contributed by atoms with Crippen molar-refractivity contribution in [1.82, 2.24) is 15.5 Å². The summed E-state index contributed by atoms with van der Waals surface area (Å²) >= 11 is 1.35. The topological polar surface area (TPSA) is 82.6 Å². The minimum Gasteiger partial charge on any atom is -0.497 e. The van der Waals surface area contributed by atoms with Gasteiger partial charge in [-0.1, -0.05) is 11.8 Å². The van der Waals surface area contributed by atoms with Crippen LogP contribution < -0.4 is 14.8 Å². The maximum atomic E-state index is 11.9. The molecule has 0 bridgehead atoms. The summed E-state index contributed by atoms with van der Waals surface area (Å²) in [5, 5.41) is 12.1. The molecule has 1 saturated heterocycles. The Kier molecular flexibility index (Phi) is 6.89. The second kappa shape index (κ2) is 9.57. The fourth-order valence-corrected chi connectivity index (χ4v) is 3.42. The summed E-state index contributed by atoms with van der Waals surface area (Å²) < 4.78 is 16.1. The molecular formula is C19H23N3O4S. The minimum atomic E-state index is -0.0294. The molecule has 7 nitrogen and oxygen atoms in total. The van der Waals surface area contributed by atoms with E-state index in [1.54, 1.807) is 20.3 Å². The third-order valence-electron chi connectivity index (χ3n) is 4.23. The molecule has 0 saturated carbocycles. The van der Waals surface area contributed by atoms with Gasteiger partial charge in [0.05, 0.1) is 31.8 Å². The number of amides is 1. The van der Waals surface area contributed by atoms with Crippen LogP contribution in [0.25, 0.3) is 11.3 Å². The Hall–Kier alpha value is -2.32. The Morgan fingerprint density at radius 1 is 1.26 bits per heavy atom. The van der Waals surface area contributed by atoms with E-state index in [4.69, 9.17) is 14.2 Å².